The van der Waals surface area contributed by atoms with Gasteiger partial charge >= 0.3 is 0 Å². The van der Waals surface area contributed by atoms with Crippen molar-refractivity contribution in [2.24, 2.45) is 0 Å². The Labute approximate surface area is 149 Å². The topological polar surface area (TPSA) is 74.1 Å². The standard InChI is InChI=1S/C19H16FN5O/c20-14-3-1-2-4-16(14)23-15-5-6-17-19(13(15)11-21)24-18(12-22-17)25-7-9-26-10-8-25/h1-6,12,23H,7-10H2. The van der Waals surface area contributed by atoms with Crippen molar-refractivity contribution in [1.82, 2.24) is 9.97 Å². The first kappa shape index (κ1) is 16.2. The third-order valence-corrected chi connectivity index (χ3v) is 4.29. The Hall–Kier alpha value is -3.24. The lowest BCUT2D eigenvalue weighted by atomic mass is 10.1. The number of hydrogen-bond donors (Lipinski definition) is 1. The van der Waals surface area contributed by atoms with Gasteiger partial charge in [-0.05, 0) is 24.3 Å². The van der Waals surface area contributed by atoms with Gasteiger partial charge in [0, 0.05) is 13.1 Å². The maximum atomic E-state index is 13.9. The van der Waals surface area contributed by atoms with E-state index in [4.69, 9.17) is 4.74 Å². The van der Waals surface area contributed by atoms with Crippen LogP contribution in [-0.2, 0) is 4.74 Å². The van der Waals surface area contributed by atoms with Gasteiger partial charge in [0.25, 0.3) is 0 Å². The van der Waals surface area contributed by atoms with Crippen LogP contribution in [0, 0.1) is 17.1 Å². The molecule has 4 rings (SSSR count). The van der Waals surface area contributed by atoms with E-state index in [0.717, 1.165) is 13.1 Å². The molecule has 26 heavy (non-hydrogen) atoms. The summed E-state index contributed by atoms with van der Waals surface area (Å²) >= 11 is 0. The van der Waals surface area contributed by atoms with Crippen LogP contribution in [-0.4, -0.2) is 36.3 Å². The second kappa shape index (κ2) is 6.94. The molecule has 3 aromatic rings. The Morgan fingerprint density at radius 1 is 1.12 bits per heavy atom. The minimum atomic E-state index is -0.385. The van der Waals surface area contributed by atoms with Crippen LogP contribution in [0.5, 0.6) is 0 Å². The van der Waals surface area contributed by atoms with E-state index in [1.165, 1.54) is 6.07 Å². The van der Waals surface area contributed by atoms with Crippen LogP contribution in [0.15, 0.2) is 42.6 Å². The third-order valence-electron chi connectivity index (χ3n) is 4.29. The molecule has 6 nitrogen and oxygen atoms in total. The Balaban J connectivity index is 1.77. The van der Waals surface area contributed by atoms with Crippen LogP contribution >= 0.6 is 0 Å². The fourth-order valence-corrected chi connectivity index (χ4v) is 2.94. The Kier molecular flexibility index (Phi) is 4.33. The number of fused-ring (bicyclic) bond motifs is 1. The predicted octanol–water partition coefficient (Wildman–Crippen LogP) is 3.22. The van der Waals surface area contributed by atoms with Crippen LogP contribution in [0.4, 0.5) is 21.6 Å². The van der Waals surface area contributed by atoms with Gasteiger partial charge in [-0.25, -0.2) is 9.37 Å². The summed E-state index contributed by atoms with van der Waals surface area (Å²) < 4.78 is 19.3. The molecule has 0 spiro atoms. The molecule has 7 heteroatoms. The Morgan fingerprint density at radius 2 is 1.92 bits per heavy atom. The highest BCUT2D eigenvalue weighted by Crippen LogP contribution is 2.28. The summed E-state index contributed by atoms with van der Waals surface area (Å²) in [6.45, 7) is 2.74. The van der Waals surface area contributed by atoms with E-state index in [2.05, 4.69) is 26.3 Å². The van der Waals surface area contributed by atoms with Gasteiger partial charge < -0.3 is 15.0 Å². The Morgan fingerprint density at radius 3 is 2.69 bits per heavy atom. The molecule has 1 aliphatic rings. The van der Waals surface area contributed by atoms with Crippen LogP contribution < -0.4 is 10.2 Å². The van der Waals surface area contributed by atoms with Gasteiger partial charge in [-0.3, -0.25) is 4.98 Å². The zero-order valence-electron chi connectivity index (χ0n) is 13.9. The van der Waals surface area contributed by atoms with Crippen molar-refractivity contribution in [3.05, 3.63) is 54.0 Å². The zero-order chi connectivity index (χ0) is 17.9. The molecular weight excluding hydrogens is 333 g/mol. The lowest BCUT2D eigenvalue weighted by Gasteiger charge is -2.27. The quantitative estimate of drug-likeness (QED) is 0.783. The van der Waals surface area contributed by atoms with Crippen molar-refractivity contribution < 1.29 is 9.13 Å². The molecular formula is C19H16FN5O. The number of benzene rings is 2. The van der Waals surface area contributed by atoms with Crippen molar-refractivity contribution in [2.45, 2.75) is 0 Å². The molecule has 2 aromatic carbocycles. The molecule has 1 N–H and O–H groups in total. The van der Waals surface area contributed by atoms with Gasteiger partial charge in [0.05, 0.1) is 36.3 Å². The van der Waals surface area contributed by atoms with Crippen LogP contribution in [0.25, 0.3) is 11.0 Å². The molecule has 0 aliphatic carbocycles. The number of morpholine rings is 1. The van der Waals surface area contributed by atoms with Crippen molar-refractivity contribution in [3.63, 3.8) is 0 Å². The maximum absolute atomic E-state index is 13.9. The van der Waals surface area contributed by atoms with Crippen LogP contribution in [0.3, 0.4) is 0 Å². The molecule has 130 valence electrons. The number of nitrogens with zero attached hydrogens (tertiary/aromatic N) is 4. The SMILES string of the molecule is N#Cc1c(Nc2ccccc2F)ccc2ncc(N3CCOCC3)nc12. The number of aromatic nitrogens is 2. The van der Waals surface area contributed by atoms with Gasteiger partial charge in [0.1, 0.15) is 28.8 Å². The van der Waals surface area contributed by atoms with E-state index in [0.29, 0.717) is 47.0 Å². The second-order valence-corrected chi connectivity index (χ2v) is 5.90. The lowest BCUT2D eigenvalue weighted by Crippen LogP contribution is -2.36. The lowest BCUT2D eigenvalue weighted by molar-refractivity contribution is 0.122. The summed E-state index contributed by atoms with van der Waals surface area (Å²) in [6.07, 6.45) is 1.71. The van der Waals surface area contributed by atoms with Gasteiger partial charge in [-0.1, -0.05) is 12.1 Å². The van der Waals surface area contributed by atoms with E-state index in [9.17, 15) is 9.65 Å². The molecule has 0 unspecified atom stereocenters. The number of anilines is 3. The van der Waals surface area contributed by atoms with E-state index in [1.807, 2.05) is 0 Å². The van der Waals surface area contributed by atoms with Crippen molar-refractivity contribution in [2.75, 3.05) is 36.5 Å². The zero-order valence-corrected chi connectivity index (χ0v) is 13.9. The number of para-hydroxylation sites is 1. The summed E-state index contributed by atoms with van der Waals surface area (Å²) in [6, 6.07) is 12.0. The van der Waals surface area contributed by atoms with Crippen molar-refractivity contribution in [1.29, 1.82) is 5.26 Å². The van der Waals surface area contributed by atoms with Gasteiger partial charge in [0.2, 0.25) is 0 Å². The smallest absolute Gasteiger partial charge is 0.148 e. The Bertz CT molecular complexity index is 995. The molecule has 1 aromatic heterocycles. The summed E-state index contributed by atoms with van der Waals surface area (Å²) in [4.78, 5) is 11.2. The van der Waals surface area contributed by atoms with Crippen molar-refractivity contribution in [3.8, 4) is 6.07 Å². The predicted molar refractivity (Wildman–Crippen MR) is 97.0 cm³/mol. The largest absolute Gasteiger partial charge is 0.378 e. The fraction of sp³-hybridized carbons (Fsp3) is 0.211. The first-order valence-electron chi connectivity index (χ1n) is 8.30. The fourth-order valence-electron chi connectivity index (χ4n) is 2.94. The molecule has 0 amide bonds. The number of nitriles is 1. The van der Waals surface area contributed by atoms with Gasteiger partial charge in [0.15, 0.2) is 0 Å². The summed E-state index contributed by atoms with van der Waals surface area (Å²) in [5, 5.41) is 12.7. The highest BCUT2D eigenvalue weighted by Gasteiger charge is 2.16. The van der Waals surface area contributed by atoms with E-state index in [-0.39, 0.29) is 5.82 Å². The molecule has 1 aliphatic heterocycles. The van der Waals surface area contributed by atoms with Crippen molar-refractivity contribution >= 4 is 28.2 Å². The number of halogens is 1. The van der Waals surface area contributed by atoms with Gasteiger partial charge in [-0.15, -0.1) is 0 Å². The second-order valence-electron chi connectivity index (χ2n) is 5.90. The minimum absolute atomic E-state index is 0.306. The number of hydrogen-bond acceptors (Lipinski definition) is 6. The van der Waals surface area contributed by atoms with Crippen LogP contribution in [0.1, 0.15) is 5.56 Å². The monoisotopic (exact) mass is 349 g/mol. The average molecular weight is 349 g/mol. The summed E-state index contributed by atoms with van der Waals surface area (Å²) in [5.41, 5.74) is 2.27. The highest BCUT2D eigenvalue weighted by molar-refractivity contribution is 5.89. The first-order chi connectivity index (χ1) is 12.8. The van der Waals surface area contributed by atoms with E-state index in [1.54, 1.807) is 36.5 Å². The molecule has 0 atom stereocenters. The highest BCUT2D eigenvalue weighted by atomic mass is 19.1. The minimum Gasteiger partial charge on any atom is -0.378 e. The van der Waals surface area contributed by atoms with Crippen LogP contribution in [0.2, 0.25) is 0 Å². The molecule has 0 radical (unpaired) electrons. The average Bonchev–Trinajstić information content (AvgIpc) is 2.70. The molecule has 1 fully saturated rings. The molecule has 2 heterocycles. The van der Waals surface area contributed by atoms with Gasteiger partial charge in [-0.2, -0.15) is 5.26 Å². The number of rotatable bonds is 3. The summed E-state index contributed by atoms with van der Waals surface area (Å²) in [5.74, 6) is 0.324. The molecule has 1 saturated heterocycles. The van der Waals surface area contributed by atoms with E-state index >= 15 is 0 Å². The first-order valence-corrected chi connectivity index (χ1v) is 8.30. The maximum Gasteiger partial charge on any atom is 0.148 e. The number of nitrogens with one attached hydrogen (secondary N) is 1. The number of ether oxygens (including phenoxy) is 1. The normalized spacial score (nSPS) is 14.2. The molecule has 0 bridgehead atoms. The third kappa shape index (κ3) is 3.03. The molecule has 0 saturated carbocycles. The summed E-state index contributed by atoms with van der Waals surface area (Å²) in [7, 11) is 0. The van der Waals surface area contributed by atoms with E-state index < -0.39 is 0 Å².